The van der Waals surface area contributed by atoms with Crippen LogP contribution < -0.4 is 5.32 Å². The molecule has 1 saturated carbocycles. The lowest BCUT2D eigenvalue weighted by Crippen LogP contribution is -2.34. The molecule has 2 heteroatoms. The molecule has 0 amide bonds. The summed E-state index contributed by atoms with van der Waals surface area (Å²) in [6.45, 7) is 10.2. The maximum absolute atomic E-state index is 5.69. The minimum Gasteiger partial charge on any atom is -0.383 e. The molecule has 13 heavy (non-hydrogen) atoms. The lowest BCUT2D eigenvalue weighted by molar-refractivity contribution is 0.411. The maximum atomic E-state index is 5.69. The summed E-state index contributed by atoms with van der Waals surface area (Å²) >= 11 is 5.69. The fraction of sp³-hybridized carbons (Fsp3) is 0.636. The van der Waals surface area contributed by atoms with E-state index in [1.807, 2.05) is 13.0 Å². The van der Waals surface area contributed by atoms with Crippen molar-refractivity contribution in [1.29, 1.82) is 0 Å². The summed E-state index contributed by atoms with van der Waals surface area (Å²) in [6, 6.07) is 0. The van der Waals surface area contributed by atoms with Gasteiger partial charge in [0.25, 0.3) is 0 Å². The van der Waals surface area contributed by atoms with E-state index in [0.29, 0.717) is 16.5 Å². The van der Waals surface area contributed by atoms with Gasteiger partial charge in [-0.3, -0.25) is 0 Å². The molecule has 1 aliphatic rings. The van der Waals surface area contributed by atoms with Crippen molar-refractivity contribution in [2.24, 2.45) is 5.92 Å². The molecule has 0 atom stereocenters. The molecule has 0 aliphatic heterocycles. The highest BCUT2D eigenvalue weighted by atomic mass is 35.5. The van der Waals surface area contributed by atoms with Crippen molar-refractivity contribution in [1.82, 2.24) is 5.32 Å². The first-order valence-electron chi connectivity index (χ1n) is 4.77. The van der Waals surface area contributed by atoms with E-state index in [1.165, 1.54) is 12.8 Å². The first kappa shape index (κ1) is 10.6. The molecule has 1 fully saturated rings. The summed E-state index contributed by atoms with van der Waals surface area (Å²) in [5.41, 5.74) is 1.46. The molecule has 0 aromatic rings. The van der Waals surface area contributed by atoms with Crippen LogP contribution in [0.15, 0.2) is 23.4 Å². The Bertz CT molecular complexity index is 236. The molecule has 0 saturated heterocycles. The van der Waals surface area contributed by atoms with Gasteiger partial charge >= 0.3 is 0 Å². The van der Waals surface area contributed by atoms with Gasteiger partial charge in [0.15, 0.2) is 0 Å². The Labute approximate surface area is 85.9 Å². The Morgan fingerprint density at radius 1 is 1.54 bits per heavy atom. The summed E-state index contributed by atoms with van der Waals surface area (Å²) in [6.07, 6.45) is 4.42. The number of hydrogen-bond acceptors (Lipinski definition) is 1. The third-order valence-electron chi connectivity index (χ3n) is 2.71. The van der Waals surface area contributed by atoms with Crippen molar-refractivity contribution in [3.63, 3.8) is 0 Å². The molecular formula is C11H18ClN. The summed E-state index contributed by atoms with van der Waals surface area (Å²) in [5.74, 6) is 0.680. The van der Waals surface area contributed by atoms with Crippen LogP contribution in [0.2, 0.25) is 0 Å². The van der Waals surface area contributed by atoms with E-state index in [0.717, 1.165) is 5.70 Å². The topological polar surface area (TPSA) is 12.0 Å². The van der Waals surface area contributed by atoms with E-state index >= 15 is 0 Å². The molecule has 0 bridgehead atoms. The van der Waals surface area contributed by atoms with Gasteiger partial charge in [0.05, 0.1) is 0 Å². The molecule has 0 heterocycles. The maximum Gasteiger partial charge on any atom is 0.0395 e. The molecule has 0 unspecified atom stereocenters. The molecule has 1 nitrogen and oxygen atoms in total. The quantitative estimate of drug-likeness (QED) is 0.685. The van der Waals surface area contributed by atoms with Crippen LogP contribution in [-0.2, 0) is 0 Å². The summed E-state index contributed by atoms with van der Waals surface area (Å²) in [4.78, 5) is 0. The van der Waals surface area contributed by atoms with E-state index in [-0.39, 0.29) is 0 Å². The summed E-state index contributed by atoms with van der Waals surface area (Å²) in [7, 11) is 0. The van der Waals surface area contributed by atoms with Crippen LogP contribution in [0.5, 0.6) is 0 Å². The van der Waals surface area contributed by atoms with Gasteiger partial charge in [-0.2, -0.15) is 0 Å². The number of nitrogens with one attached hydrogen (secondary N) is 1. The predicted molar refractivity (Wildman–Crippen MR) is 58.7 cm³/mol. The molecule has 0 aromatic carbocycles. The van der Waals surface area contributed by atoms with Gasteiger partial charge in [-0.05, 0) is 31.8 Å². The van der Waals surface area contributed by atoms with Crippen molar-refractivity contribution in [3.05, 3.63) is 23.4 Å². The minimum absolute atomic E-state index is 0.340. The Hall–Kier alpha value is -0.430. The van der Waals surface area contributed by atoms with Crippen LogP contribution in [0.3, 0.4) is 0 Å². The van der Waals surface area contributed by atoms with Crippen LogP contribution in [0.25, 0.3) is 0 Å². The van der Waals surface area contributed by atoms with Gasteiger partial charge in [0.2, 0.25) is 0 Å². The van der Waals surface area contributed by atoms with Crippen molar-refractivity contribution >= 4 is 11.6 Å². The monoisotopic (exact) mass is 199 g/mol. The van der Waals surface area contributed by atoms with Gasteiger partial charge in [0, 0.05) is 16.3 Å². The van der Waals surface area contributed by atoms with E-state index in [9.17, 15) is 0 Å². The largest absolute Gasteiger partial charge is 0.383 e. The van der Waals surface area contributed by atoms with Gasteiger partial charge in [0.1, 0.15) is 0 Å². The van der Waals surface area contributed by atoms with Crippen molar-refractivity contribution in [2.75, 3.05) is 0 Å². The van der Waals surface area contributed by atoms with Crippen LogP contribution in [0.1, 0.15) is 33.6 Å². The second-order valence-corrected chi connectivity index (χ2v) is 4.70. The lowest BCUT2D eigenvalue weighted by Gasteiger charge is -2.23. The zero-order valence-corrected chi connectivity index (χ0v) is 9.41. The van der Waals surface area contributed by atoms with Gasteiger partial charge in [-0.25, -0.2) is 0 Å². The fourth-order valence-electron chi connectivity index (χ4n) is 1.65. The smallest absolute Gasteiger partial charge is 0.0395 e. The van der Waals surface area contributed by atoms with Crippen LogP contribution >= 0.6 is 11.6 Å². The fourth-order valence-corrected chi connectivity index (χ4v) is 1.81. The molecular weight excluding hydrogens is 182 g/mol. The highest BCUT2D eigenvalue weighted by molar-refractivity contribution is 6.30. The number of halogens is 1. The molecule has 0 radical (unpaired) electrons. The molecule has 74 valence electrons. The second-order valence-electron chi connectivity index (χ2n) is 4.21. The van der Waals surface area contributed by atoms with Crippen LogP contribution in [-0.4, -0.2) is 5.54 Å². The molecule has 0 spiro atoms. The van der Waals surface area contributed by atoms with E-state index in [2.05, 4.69) is 25.7 Å². The first-order chi connectivity index (χ1) is 5.96. The van der Waals surface area contributed by atoms with Crippen molar-refractivity contribution < 1.29 is 0 Å². The SMILES string of the molecule is C=C(Cl)/C=C(/C)NC1(C(C)C)CC1. The Balaban J connectivity index is 2.54. The van der Waals surface area contributed by atoms with Crippen molar-refractivity contribution in [3.8, 4) is 0 Å². The molecule has 1 N–H and O–H groups in total. The van der Waals surface area contributed by atoms with Crippen LogP contribution in [0, 0.1) is 5.92 Å². The number of rotatable bonds is 4. The highest BCUT2D eigenvalue weighted by Gasteiger charge is 2.45. The second kappa shape index (κ2) is 3.75. The van der Waals surface area contributed by atoms with Gasteiger partial charge in [-0.1, -0.05) is 32.0 Å². The van der Waals surface area contributed by atoms with E-state index in [4.69, 9.17) is 11.6 Å². The van der Waals surface area contributed by atoms with Gasteiger partial charge < -0.3 is 5.32 Å². The third-order valence-corrected chi connectivity index (χ3v) is 2.82. The Morgan fingerprint density at radius 3 is 2.38 bits per heavy atom. The van der Waals surface area contributed by atoms with Gasteiger partial charge in [-0.15, -0.1) is 0 Å². The van der Waals surface area contributed by atoms with Crippen LogP contribution in [0.4, 0.5) is 0 Å². The third kappa shape index (κ3) is 2.77. The summed E-state index contributed by atoms with van der Waals surface area (Å²) < 4.78 is 0. The zero-order valence-electron chi connectivity index (χ0n) is 8.65. The lowest BCUT2D eigenvalue weighted by atomic mass is 10.0. The summed E-state index contributed by atoms with van der Waals surface area (Å²) in [5, 5.41) is 4.10. The molecule has 0 aromatic heterocycles. The zero-order chi connectivity index (χ0) is 10.1. The van der Waals surface area contributed by atoms with Crippen molar-refractivity contribution in [2.45, 2.75) is 39.2 Å². The highest BCUT2D eigenvalue weighted by Crippen LogP contribution is 2.42. The molecule has 1 rings (SSSR count). The first-order valence-corrected chi connectivity index (χ1v) is 5.15. The Kier molecular flexibility index (Phi) is 3.07. The predicted octanol–water partition coefficient (Wildman–Crippen LogP) is 3.42. The Morgan fingerprint density at radius 2 is 2.08 bits per heavy atom. The van der Waals surface area contributed by atoms with E-state index in [1.54, 1.807) is 0 Å². The molecule has 1 aliphatic carbocycles. The standard InChI is InChI=1S/C11H18ClN/c1-8(2)11(5-6-11)13-10(4)7-9(3)12/h7-8,13H,3,5-6H2,1-2,4H3/b10-7-. The average molecular weight is 200 g/mol. The minimum atomic E-state index is 0.340. The normalized spacial score (nSPS) is 20.2. The number of hydrogen-bond donors (Lipinski definition) is 1. The average Bonchev–Trinajstić information content (AvgIpc) is 2.66. The number of allylic oxidation sites excluding steroid dienone is 3. The van der Waals surface area contributed by atoms with E-state index < -0.39 is 0 Å².